The number of hydrogen-bond acceptors (Lipinski definition) is 4. The third-order valence-electron chi connectivity index (χ3n) is 4.94. The Morgan fingerprint density at radius 2 is 1.65 bits per heavy atom. The fraction of sp³-hybridized carbons (Fsp3) is 0.500. The summed E-state index contributed by atoms with van der Waals surface area (Å²) >= 11 is 0. The summed E-state index contributed by atoms with van der Waals surface area (Å²) in [5.41, 5.74) is -0.0609. The molecule has 1 saturated carbocycles. The van der Waals surface area contributed by atoms with Crippen LogP contribution in [0, 0.1) is 10.8 Å². The summed E-state index contributed by atoms with van der Waals surface area (Å²) in [5, 5.41) is 6.05. The van der Waals surface area contributed by atoms with Gasteiger partial charge in [-0.15, -0.1) is 0 Å². The Kier molecular flexibility index (Phi) is 4.94. The molecule has 2 heterocycles. The van der Waals surface area contributed by atoms with E-state index in [4.69, 9.17) is 8.83 Å². The van der Waals surface area contributed by atoms with Gasteiger partial charge in [-0.2, -0.15) is 0 Å². The molecule has 3 rings (SSSR count). The molecular weight excluding hydrogens is 332 g/mol. The second-order valence-corrected chi connectivity index (χ2v) is 8.37. The van der Waals surface area contributed by atoms with Crippen molar-refractivity contribution in [1.82, 2.24) is 10.6 Å². The predicted molar refractivity (Wildman–Crippen MR) is 96.7 cm³/mol. The minimum absolute atomic E-state index is 0.0295. The summed E-state index contributed by atoms with van der Waals surface area (Å²) in [6.45, 7) is 7.08. The van der Waals surface area contributed by atoms with E-state index in [1.165, 1.54) is 12.5 Å². The third kappa shape index (κ3) is 4.36. The molecule has 140 valence electrons. The molecule has 26 heavy (non-hydrogen) atoms. The van der Waals surface area contributed by atoms with E-state index in [-0.39, 0.29) is 28.7 Å². The molecule has 2 amide bonds. The van der Waals surface area contributed by atoms with Crippen molar-refractivity contribution < 1.29 is 18.4 Å². The largest absolute Gasteiger partial charge is 0.459 e. The lowest BCUT2D eigenvalue weighted by Crippen LogP contribution is -2.50. The molecule has 2 N–H and O–H groups in total. The molecule has 2 atom stereocenters. The van der Waals surface area contributed by atoms with E-state index < -0.39 is 0 Å². The van der Waals surface area contributed by atoms with Crippen LogP contribution >= 0.6 is 0 Å². The second-order valence-electron chi connectivity index (χ2n) is 8.37. The zero-order chi connectivity index (χ0) is 18.8. The Labute approximate surface area is 153 Å². The summed E-state index contributed by atoms with van der Waals surface area (Å²) in [4.78, 5) is 24.5. The van der Waals surface area contributed by atoms with Gasteiger partial charge in [0.05, 0.1) is 12.5 Å². The van der Waals surface area contributed by atoms with Crippen LogP contribution < -0.4 is 10.6 Å². The van der Waals surface area contributed by atoms with Crippen LogP contribution in [0.4, 0.5) is 0 Å². The maximum atomic E-state index is 12.3. The maximum Gasteiger partial charge on any atom is 0.287 e. The van der Waals surface area contributed by atoms with Crippen LogP contribution in [0.1, 0.15) is 61.1 Å². The van der Waals surface area contributed by atoms with Gasteiger partial charge in [-0.25, -0.2) is 0 Å². The molecule has 0 aliphatic heterocycles. The van der Waals surface area contributed by atoms with Crippen LogP contribution in [0.15, 0.2) is 45.6 Å². The average Bonchev–Trinajstić information content (AvgIpc) is 3.23. The minimum Gasteiger partial charge on any atom is -0.459 e. The average molecular weight is 358 g/mol. The monoisotopic (exact) mass is 358 g/mol. The lowest BCUT2D eigenvalue weighted by Gasteiger charge is -2.46. The summed E-state index contributed by atoms with van der Waals surface area (Å²) in [5.74, 6) is 0.225. The van der Waals surface area contributed by atoms with Crippen molar-refractivity contribution in [1.29, 1.82) is 0 Å². The predicted octanol–water partition coefficient (Wildman–Crippen LogP) is 3.62. The van der Waals surface area contributed by atoms with Crippen LogP contribution in [-0.2, 0) is 0 Å². The highest BCUT2D eigenvalue weighted by Gasteiger charge is 2.42. The van der Waals surface area contributed by atoms with Gasteiger partial charge in [0.1, 0.15) is 0 Å². The van der Waals surface area contributed by atoms with Crippen molar-refractivity contribution in [3.63, 3.8) is 0 Å². The van der Waals surface area contributed by atoms with Crippen molar-refractivity contribution in [2.45, 2.75) is 46.1 Å². The Hall–Kier alpha value is -2.50. The van der Waals surface area contributed by atoms with Gasteiger partial charge in [-0.05, 0) is 54.4 Å². The first-order valence-corrected chi connectivity index (χ1v) is 8.93. The van der Waals surface area contributed by atoms with Gasteiger partial charge in [0.15, 0.2) is 11.5 Å². The van der Waals surface area contributed by atoms with Crippen LogP contribution in [0.2, 0.25) is 0 Å². The van der Waals surface area contributed by atoms with Crippen molar-refractivity contribution in [3.8, 4) is 0 Å². The standard InChI is InChI=1S/C20H26N2O4/c1-19(2)10-14(22-18(24)16-7-5-9-26-16)11-20(3,12-19)13-21-17(23)15-6-4-8-25-15/h4-9,14H,10-13H2,1-3H3,(H,21,23)(H,22,24). The Morgan fingerprint density at radius 3 is 2.23 bits per heavy atom. The SMILES string of the molecule is CC1(C)CC(NC(=O)c2ccco2)CC(C)(CNC(=O)c2ccco2)C1. The third-order valence-corrected chi connectivity index (χ3v) is 4.94. The maximum absolute atomic E-state index is 12.3. The molecule has 0 spiro atoms. The Balaban J connectivity index is 1.64. The van der Waals surface area contributed by atoms with Crippen molar-refractivity contribution >= 4 is 11.8 Å². The lowest BCUT2D eigenvalue weighted by molar-refractivity contribution is 0.0577. The first kappa shape index (κ1) is 18.3. The summed E-state index contributed by atoms with van der Waals surface area (Å²) in [6, 6.07) is 6.73. The molecule has 2 aromatic rings. The van der Waals surface area contributed by atoms with E-state index in [0.29, 0.717) is 18.1 Å². The highest BCUT2D eigenvalue weighted by molar-refractivity contribution is 5.92. The Morgan fingerprint density at radius 1 is 1.04 bits per heavy atom. The van der Waals surface area contributed by atoms with E-state index in [1.54, 1.807) is 24.3 Å². The highest BCUT2D eigenvalue weighted by Crippen LogP contribution is 2.45. The van der Waals surface area contributed by atoms with Crippen LogP contribution in [0.5, 0.6) is 0 Å². The van der Waals surface area contributed by atoms with Crippen molar-refractivity contribution in [2.75, 3.05) is 6.54 Å². The van der Waals surface area contributed by atoms with Crippen LogP contribution in [-0.4, -0.2) is 24.4 Å². The lowest BCUT2D eigenvalue weighted by atomic mass is 9.62. The van der Waals surface area contributed by atoms with E-state index in [0.717, 1.165) is 19.3 Å². The molecular formula is C20H26N2O4. The highest BCUT2D eigenvalue weighted by atomic mass is 16.3. The Bertz CT molecular complexity index is 749. The number of carbonyl (C=O) groups is 2. The molecule has 1 aliphatic carbocycles. The molecule has 0 saturated heterocycles. The molecule has 0 bridgehead atoms. The van der Waals surface area contributed by atoms with Crippen molar-refractivity contribution in [3.05, 3.63) is 48.3 Å². The summed E-state index contributed by atoms with van der Waals surface area (Å²) in [7, 11) is 0. The number of nitrogens with one attached hydrogen (secondary N) is 2. The number of hydrogen-bond donors (Lipinski definition) is 2. The number of rotatable bonds is 5. The molecule has 0 aromatic carbocycles. The molecule has 1 fully saturated rings. The topological polar surface area (TPSA) is 84.5 Å². The van der Waals surface area contributed by atoms with Gasteiger partial charge in [0.2, 0.25) is 0 Å². The molecule has 2 aromatic heterocycles. The van der Waals surface area contributed by atoms with Gasteiger partial charge in [-0.3, -0.25) is 9.59 Å². The van der Waals surface area contributed by atoms with Crippen LogP contribution in [0.3, 0.4) is 0 Å². The molecule has 6 heteroatoms. The first-order valence-electron chi connectivity index (χ1n) is 8.93. The van der Waals surface area contributed by atoms with Gasteiger partial charge in [0.25, 0.3) is 11.8 Å². The van der Waals surface area contributed by atoms with Crippen LogP contribution in [0.25, 0.3) is 0 Å². The van der Waals surface area contributed by atoms with E-state index in [2.05, 4.69) is 31.4 Å². The van der Waals surface area contributed by atoms with E-state index in [9.17, 15) is 9.59 Å². The normalized spacial score (nSPS) is 24.8. The molecule has 0 radical (unpaired) electrons. The quantitative estimate of drug-likeness (QED) is 0.855. The number of amides is 2. The fourth-order valence-electron chi connectivity index (χ4n) is 4.32. The second kappa shape index (κ2) is 7.02. The zero-order valence-electron chi connectivity index (χ0n) is 15.5. The van der Waals surface area contributed by atoms with Gasteiger partial charge in [-0.1, -0.05) is 20.8 Å². The molecule has 2 unspecified atom stereocenters. The van der Waals surface area contributed by atoms with Crippen molar-refractivity contribution in [2.24, 2.45) is 10.8 Å². The van der Waals surface area contributed by atoms with Gasteiger partial charge >= 0.3 is 0 Å². The number of furan rings is 2. The zero-order valence-corrected chi connectivity index (χ0v) is 15.5. The van der Waals surface area contributed by atoms with Gasteiger partial charge in [0, 0.05) is 12.6 Å². The molecule has 6 nitrogen and oxygen atoms in total. The fourth-order valence-corrected chi connectivity index (χ4v) is 4.32. The van der Waals surface area contributed by atoms with E-state index in [1.807, 2.05) is 0 Å². The summed E-state index contributed by atoms with van der Waals surface area (Å²) < 4.78 is 10.3. The number of carbonyl (C=O) groups excluding carboxylic acids is 2. The van der Waals surface area contributed by atoms with E-state index >= 15 is 0 Å². The van der Waals surface area contributed by atoms with Gasteiger partial charge < -0.3 is 19.5 Å². The molecule has 1 aliphatic rings. The minimum atomic E-state index is -0.212. The summed E-state index contributed by atoms with van der Waals surface area (Å²) in [6.07, 6.45) is 5.63. The first-order chi connectivity index (χ1) is 12.3. The smallest absolute Gasteiger partial charge is 0.287 e.